The van der Waals surface area contributed by atoms with E-state index in [1.165, 1.54) is 12.8 Å². The predicted molar refractivity (Wildman–Crippen MR) is 63.5 cm³/mol. The van der Waals surface area contributed by atoms with Gasteiger partial charge in [0, 0.05) is 13.1 Å². The normalized spacial score (nSPS) is 21.7. The molecule has 0 aliphatic heterocycles. The maximum atomic E-state index is 12.4. The molecule has 0 aromatic carbocycles. The highest BCUT2D eigenvalue weighted by Crippen LogP contribution is 2.43. The van der Waals surface area contributed by atoms with Crippen molar-refractivity contribution in [2.24, 2.45) is 11.3 Å². The van der Waals surface area contributed by atoms with Gasteiger partial charge in [-0.15, -0.1) is 0 Å². The number of amides is 1. The molecule has 0 atom stereocenters. The molecule has 96 valence electrons. The van der Waals surface area contributed by atoms with Crippen LogP contribution in [0.4, 0.5) is 0 Å². The van der Waals surface area contributed by atoms with Gasteiger partial charge in [-0.1, -0.05) is 13.3 Å². The van der Waals surface area contributed by atoms with Gasteiger partial charge in [0.25, 0.3) is 0 Å². The number of aliphatic carboxylic acids is 1. The summed E-state index contributed by atoms with van der Waals surface area (Å²) in [4.78, 5) is 25.5. The van der Waals surface area contributed by atoms with Crippen LogP contribution in [-0.4, -0.2) is 35.0 Å². The molecule has 1 N–H and O–H groups in total. The lowest BCUT2D eigenvalue weighted by molar-refractivity contribution is -0.167. The Kier molecular flexibility index (Phi) is 3.40. The second-order valence-electron chi connectivity index (χ2n) is 5.44. The van der Waals surface area contributed by atoms with E-state index in [1.807, 2.05) is 6.92 Å². The van der Waals surface area contributed by atoms with Crippen LogP contribution in [0.1, 0.15) is 45.4 Å². The number of hydrogen-bond acceptors (Lipinski definition) is 2. The molecule has 0 saturated heterocycles. The molecule has 0 aromatic heterocycles. The maximum Gasteiger partial charge on any atom is 0.319 e. The molecule has 17 heavy (non-hydrogen) atoms. The summed E-state index contributed by atoms with van der Waals surface area (Å²) in [5, 5.41) is 9.27. The molecular weight excluding hydrogens is 218 g/mol. The zero-order valence-corrected chi connectivity index (χ0v) is 10.4. The molecule has 0 unspecified atom stereocenters. The largest absolute Gasteiger partial charge is 0.480 e. The molecule has 2 rings (SSSR count). The molecule has 2 aliphatic carbocycles. The summed E-state index contributed by atoms with van der Waals surface area (Å²) in [6, 6.07) is 0. The standard InChI is InChI=1S/C13H21NO3/c1-2-8-14(9-10-4-5-10)11(15)13(12(16)17)6-3-7-13/h10H,2-9H2,1H3,(H,16,17). The number of carbonyl (C=O) groups is 2. The van der Waals surface area contributed by atoms with Crippen molar-refractivity contribution in [3.05, 3.63) is 0 Å². The van der Waals surface area contributed by atoms with Crippen LogP contribution < -0.4 is 0 Å². The first kappa shape index (κ1) is 12.4. The minimum atomic E-state index is -1.08. The fourth-order valence-corrected chi connectivity index (χ4v) is 2.51. The van der Waals surface area contributed by atoms with Gasteiger partial charge in [0.15, 0.2) is 0 Å². The number of carboxylic acids is 1. The van der Waals surface area contributed by atoms with Crippen molar-refractivity contribution in [1.82, 2.24) is 4.90 Å². The van der Waals surface area contributed by atoms with Gasteiger partial charge in [0.05, 0.1) is 0 Å². The SMILES string of the molecule is CCCN(CC1CC1)C(=O)C1(C(=O)O)CCC1. The first-order valence-electron chi connectivity index (χ1n) is 6.63. The van der Waals surface area contributed by atoms with Crippen molar-refractivity contribution in [3.63, 3.8) is 0 Å². The lowest BCUT2D eigenvalue weighted by atomic mass is 9.67. The Morgan fingerprint density at radius 1 is 1.35 bits per heavy atom. The second kappa shape index (κ2) is 4.67. The van der Waals surface area contributed by atoms with Crippen molar-refractivity contribution < 1.29 is 14.7 Å². The molecule has 0 heterocycles. The Labute approximate surface area is 102 Å². The van der Waals surface area contributed by atoms with Crippen molar-refractivity contribution in [3.8, 4) is 0 Å². The van der Waals surface area contributed by atoms with E-state index in [2.05, 4.69) is 0 Å². The molecule has 0 spiro atoms. The van der Waals surface area contributed by atoms with Crippen LogP contribution in [0.5, 0.6) is 0 Å². The average Bonchev–Trinajstić information content (AvgIpc) is 2.98. The molecular formula is C13H21NO3. The first-order valence-corrected chi connectivity index (χ1v) is 6.63. The van der Waals surface area contributed by atoms with Gasteiger partial charge in [-0.2, -0.15) is 0 Å². The minimum Gasteiger partial charge on any atom is -0.480 e. The summed E-state index contributed by atoms with van der Waals surface area (Å²) < 4.78 is 0. The number of nitrogens with zero attached hydrogens (tertiary/aromatic N) is 1. The molecule has 0 aromatic rings. The van der Waals surface area contributed by atoms with Crippen molar-refractivity contribution in [2.45, 2.75) is 45.4 Å². The quantitative estimate of drug-likeness (QED) is 0.720. The summed E-state index contributed by atoms with van der Waals surface area (Å²) in [7, 11) is 0. The van der Waals surface area contributed by atoms with Crippen LogP contribution in [0.15, 0.2) is 0 Å². The van der Waals surface area contributed by atoms with Crippen LogP contribution >= 0.6 is 0 Å². The Morgan fingerprint density at radius 2 is 2.00 bits per heavy atom. The zero-order valence-electron chi connectivity index (χ0n) is 10.4. The van der Waals surface area contributed by atoms with Crippen LogP contribution in [0.2, 0.25) is 0 Å². The molecule has 2 fully saturated rings. The molecule has 1 amide bonds. The summed E-state index contributed by atoms with van der Waals surface area (Å²) in [6.07, 6.45) is 5.18. The maximum absolute atomic E-state index is 12.4. The highest BCUT2D eigenvalue weighted by atomic mass is 16.4. The Hall–Kier alpha value is -1.06. The van der Waals surface area contributed by atoms with E-state index in [9.17, 15) is 14.7 Å². The van der Waals surface area contributed by atoms with E-state index in [-0.39, 0.29) is 5.91 Å². The molecule has 2 saturated carbocycles. The van der Waals surface area contributed by atoms with Crippen LogP contribution in [0, 0.1) is 11.3 Å². The highest BCUT2D eigenvalue weighted by Gasteiger charge is 2.53. The van der Waals surface area contributed by atoms with Gasteiger partial charge < -0.3 is 10.0 Å². The van der Waals surface area contributed by atoms with Crippen molar-refractivity contribution >= 4 is 11.9 Å². The van der Waals surface area contributed by atoms with Gasteiger partial charge in [0.1, 0.15) is 5.41 Å². The Morgan fingerprint density at radius 3 is 2.35 bits per heavy atom. The third kappa shape index (κ3) is 2.31. The smallest absolute Gasteiger partial charge is 0.319 e. The van der Waals surface area contributed by atoms with Gasteiger partial charge in [0.2, 0.25) is 5.91 Å². The molecule has 4 nitrogen and oxygen atoms in total. The second-order valence-corrected chi connectivity index (χ2v) is 5.44. The van der Waals surface area contributed by atoms with Gasteiger partial charge >= 0.3 is 5.97 Å². The molecule has 0 radical (unpaired) electrons. The first-order chi connectivity index (χ1) is 8.10. The number of carboxylic acid groups (broad SMARTS) is 1. The molecule has 2 aliphatic rings. The zero-order chi connectivity index (χ0) is 12.5. The third-order valence-electron chi connectivity index (χ3n) is 3.98. The molecule has 4 heteroatoms. The van der Waals surface area contributed by atoms with E-state index in [0.717, 1.165) is 19.4 Å². The predicted octanol–water partition coefficient (Wildman–Crippen LogP) is 1.89. The fourth-order valence-electron chi connectivity index (χ4n) is 2.51. The van der Waals surface area contributed by atoms with Crippen LogP contribution in [-0.2, 0) is 9.59 Å². The Balaban J connectivity index is 2.05. The average molecular weight is 239 g/mol. The van der Waals surface area contributed by atoms with E-state index >= 15 is 0 Å². The van der Waals surface area contributed by atoms with E-state index < -0.39 is 11.4 Å². The summed E-state index contributed by atoms with van der Waals surface area (Å²) in [5.41, 5.74) is -1.08. The fraction of sp³-hybridized carbons (Fsp3) is 0.846. The van der Waals surface area contributed by atoms with Gasteiger partial charge in [-0.3, -0.25) is 9.59 Å². The monoisotopic (exact) mass is 239 g/mol. The lowest BCUT2D eigenvalue weighted by Gasteiger charge is -2.40. The number of rotatable bonds is 6. The van der Waals surface area contributed by atoms with Gasteiger partial charge in [-0.25, -0.2) is 0 Å². The third-order valence-corrected chi connectivity index (χ3v) is 3.98. The van der Waals surface area contributed by atoms with E-state index in [1.54, 1.807) is 4.90 Å². The highest BCUT2D eigenvalue weighted by molar-refractivity contribution is 6.02. The van der Waals surface area contributed by atoms with E-state index in [4.69, 9.17) is 0 Å². The van der Waals surface area contributed by atoms with E-state index in [0.29, 0.717) is 25.3 Å². The lowest BCUT2D eigenvalue weighted by Crippen LogP contribution is -2.53. The van der Waals surface area contributed by atoms with Gasteiger partial charge in [-0.05, 0) is 38.0 Å². The van der Waals surface area contributed by atoms with Crippen molar-refractivity contribution in [2.75, 3.05) is 13.1 Å². The Bertz CT molecular complexity index is 319. The van der Waals surface area contributed by atoms with Crippen molar-refractivity contribution in [1.29, 1.82) is 0 Å². The van der Waals surface area contributed by atoms with Crippen LogP contribution in [0.3, 0.4) is 0 Å². The van der Waals surface area contributed by atoms with Crippen LogP contribution in [0.25, 0.3) is 0 Å². The minimum absolute atomic E-state index is 0.134. The summed E-state index contributed by atoms with van der Waals surface area (Å²) in [6.45, 7) is 3.49. The number of carbonyl (C=O) groups excluding carboxylic acids is 1. The number of hydrogen-bond donors (Lipinski definition) is 1. The topological polar surface area (TPSA) is 57.6 Å². The summed E-state index contributed by atoms with van der Waals surface area (Å²) >= 11 is 0. The summed E-state index contributed by atoms with van der Waals surface area (Å²) in [5.74, 6) is -0.438. The molecule has 0 bridgehead atoms.